The zero-order valence-electron chi connectivity index (χ0n) is 7.19. The van der Waals surface area contributed by atoms with E-state index in [4.69, 9.17) is 0 Å². The van der Waals surface area contributed by atoms with Crippen molar-refractivity contribution in [2.75, 3.05) is 32.7 Å². The highest BCUT2D eigenvalue weighted by Crippen LogP contribution is 1.98. The molecule has 0 aromatic carbocycles. The maximum absolute atomic E-state index is 11.4. The Balaban J connectivity index is 2.51. The van der Waals surface area contributed by atoms with E-state index >= 15 is 0 Å². The molecule has 76 valence electrons. The van der Waals surface area contributed by atoms with E-state index in [9.17, 15) is 13.2 Å². The van der Waals surface area contributed by atoms with Crippen molar-refractivity contribution in [3.05, 3.63) is 0 Å². The summed E-state index contributed by atoms with van der Waals surface area (Å²) < 4.78 is 26.3. The van der Waals surface area contributed by atoms with E-state index in [2.05, 4.69) is 10.0 Å². The highest BCUT2D eigenvalue weighted by molar-refractivity contribution is 7.87. The molecule has 1 heterocycles. The fourth-order valence-corrected chi connectivity index (χ4v) is 2.24. The van der Waals surface area contributed by atoms with Gasteiger partial charge in [-0.1, -0.05) is 0 Å². The number of rotatable bonds is 4. The van der Waals surface area contributed by atoms with Crippen molar-refractivity contribution in [2.45, 2.75) is 0 Å². The van der Waals surface area contributed by atoms with Crippen LogP contribution < -0.4 is 10.0 Å². The Hall–Kier alpha value is -0.500. The number of aldehydes is 1. The lowest BCUT2D eigenvalue weighted by atomic mass is 10.4. The quantitative estimate of drug-likeness (QED) is 0.519. The third-order valence-corrected chi connectivity index (χ3v) is 3.34. The summed E-state index contributed by atoms with van der Waals surface area (Å²) in [5, 5.41) is 3.04. The van der Waals surface area contributed by atoms with Crippen LogP contribution in [-0.4, -0.2) is 51.7 Å². The van der Waals surface area contributed by atoms with Gasteiger partial charge < -0.3 is 10.1 Å². The van der Waals surface area contributed by atoms with Gasteiger partial charge in [-0.25, -0.2) is 0 Å². The van der Waals surface area contributed by atoms with Crippen molar-refractivity contribution < 1.29 is 13.2 Å². The molecule has 1 aliphatic rings. The predicted octanol–water partition coefficient (Wildman–Crippen LogP) is -2.08. The summed E-state index contributed by atoms with van der Waals surface area (Å²) in [6.07, 6.45) is 0.528. The van der Waals surface area contributed by atoms with E-state index in [1.807, 2.05) is 0 Å². The van der Waals surface area contributed by atoms with Crippen LogP contribution in [0.15, 0.2) is 0 Å². The average molecular weight is 207 g/mol. The van der Waals surface area contributed by atoms with Gasteiger partial charge >= 0.3 is 0 Å². The van der Waals surface area contributed by atoms with Gasteiger partial charge in [-0.05, 0) is 0 Å². The van der Waals surface area contributed by atoms with Gasteiger partial charge in [-0.15, -0.1) is 0 Å². The molecule has 2 N–H and O–H groups in total. The molecule has 0 unspecified atom stereocenters. The summed E-state index contributed by atoms with van der Waals surface area (Å²) in [5.74, 6) is 0. The molecule has 13 heavy (non-hydrogen) atoms. The van der Waals surface area contributed by atoms with Crippen LogP contribution in [0.5, 0.6) is 0 Å². The van der Waals surface area contributed by atoms with Gasteiger partial charge in [-0.2, -0.15) is 17.4 Å². The van der Waals surface area contributed by atoms with Crippen molar-refractivity contribution >= 4 is 16.5 Å². The number of piperazine rings is 1. The second-order valence-corrected chi connectivity index (χ2v) is 4.42. The van der Waals surface area contributed by atoms with Gasteiger partial charge in [0.05, 0.1) is 6.54 Å². The van der Waals surface area contributed by atoms with E-state index in [0.29, 0.717) is 32.5 Å². The van der Waals surface area contributed by atoms with Crippen LogP contribution in [0.4, 0.5) is 0 Å². The lowest BCUT2D eigenvalue weighted by Gasteiger charge is -2.26. The Labute approximate surface area is 77.5 Å². The first-order chi connectivity index (χ1) is 6.17. The van der Waals surface area contributed by atoms with E-state index in [1.54, 1.807) is 0 Å². The van der Waals surface area contributed by atoms with Gasteiger partial charge in [0.2, 0.25) is 0 Å². The molecule has 1 rings (SSSR count). The molecule has 0 aliphatic carbocycles. The fraction of sp³-hybridized carbons (Fsp3) is 0.833. The summed E-state index contributed by atoms with van der Waals surface area (Å²) in [7, 11) is -3.43. The van der Waals surface area contributed by atoms with Crippen molar-refractivity contribution in [3.8, 4) is 0 Å². The highest BCUT2D eigenvalue weighted by atomic mass is 32.2. The molecule has 0 amide bonds. The molecule has 0 aromatic heterocycles. The number of carbonyl (C=O) groups is 1. The molecule has 1 aliphatic heterocycles. The van der Waals surface area contributed by atoms with Gasteiger partial charge in [0.1, 0.15) is 6.29 Å². The molecule has 0 bridgehead atoms. The Kier molecular flexibility index (Phi) is 3.79. The van der Waals surface area contributed by atoms with Crippen LogP contribution in [0.3, 0.4) is 0 Å². The number of carbonyl (C=O) groups excluding carboxylic acids is 1. The van der Waals surface area contributed by atoms with E-state index in [1.165, 1.54) is 4.31 Å². The number of nitrogens with zero attached hydrogens (tertiary/aromatic N) is 1. The molecule has 0 radical (unpaired) electrons. The van der Waals surface area contributed by atoms with Gasteiger partial charge in [0.15, 0.2) is 0 Å². The molecular formula is C6H13N3O3S. The normalized spacial score (nSPS) is 20.0. The summed E-state index contributed by atoms with van der Waals surface area (Å²) in [4.78, 5) is 9.98. The maximum Gasteiger partial charge on any atom is 0.279 e. The Morgan fingerprint density at radius 3 is 2.54 bits per heavy atom. The smallest absolute Gasteiger partial charge is 0.279 e. The Morgan fingerprint density at radius 2 is 2.00 bits per heavy atom. The summed E-state index contributed by atoms with van der Waals surface area (Å²) in [5.41, 5.74) is 0. The highest BCUT2D eigenvalue weighted by Gasteiger charge is 2.22. The summed E-state index contributed by atoms with van der Waals surface area (Å²) in [6, 6.07) is 0. The largest absolute Gasteiger partial charge is 0.314 e. The van der Waals surface area contributed by atoms with Crippen LogP contribution in [0.2, 0.25) is 0 Å². The van der Waals surface area contributed by atoms with E-state index < -0.39 is 10.2 Å². The van der Waals surface area contributed by atoms with Crippen LogP contribution >= 0.6 is 0 Å². The first-order valence-corrected chi connectivity index (χ1v) is 5.50. The van der Waals surface area contributed by atoms with Crippen molar-refractivity contribution in [1.29, 1.82) is 0 Å². The molecule has 0 atom stereocenters. The lowest BCUT2D eigenvalue weighted by Crippen LogP contribution is -2.50. The Bertz CT molecular complexity index is 258. The van der Waals surface area contributed by atoms with Crippen LogP contribution in [-0.2, 0) is 15.0 Å². The minimum absolute atomic E-state index is 0.160. The van der Waals surface area contributed by atoms with Crippen LogP contribution in [0, 0.1) is 0 Å². The van der Waals surface area contributed by atoms with E-state index in [-0.39, 0.29) is 6.54 Å². The molecule has 1 saturated heterocycles. The molecule has 7 heteroatoms. The molecule has 0 aromatic rings. The van der Waals surface area contributed by atoms with Gasteiger partial charge in [0, 0.05) is 26.2 Å². The number of nitrogens with one attached hydrogen (secondary N) is 2. The van der Waals surface area contributed by atoms with E-state index in [0.717, 1.165) is 0 Å². The predicted molar refractivity (Wildman–Crippen MR) is 47.4 cm³/mol. The van der Waals surface area contributed by atoms with Crippen LogP contribution in [0.25, 0.3) is 0 Å². The minimum atomic E-state index is -3.43. The molecule has 0 saturated carbocycles. The van der Waals surface area contributed by atoms with Crippen molar-refractivity contribution in [1.82, 2.24) is 14.3 Å². The second-order valence-electron chi connectivity index (χ2n) is 2.67. The zero-order chi connectivity index (χ0) is 9.73. The first kappa shape index (κ1) is 10.6. The molecular weight excluding hydrogens is 194 g/mol. The Morgan fingerprint density at radius 1 is 1.38 bits per heavy atom. The third kappa shape index (κ3) is 3.03. The van der Waals surface area contributed by atoms with Crippen molar-refractivity contribution in [3.63, 3.8) is 0 Å². The molecule has 0 spiro atoms. The zero-order valence-corrected chi connectivity index (χ0v) is 8.01. The SMILES string of the molecule is O=CCNS(=O)(=O)N1CCNCC1. The second kappa shape index (κ2) is 4.66. The maximum atomic E-state index is 11.4. The van der Waals surface area contributed by atoms with Crippen molar-refractivity contribution in [2.24, 2.45) is 0 Å². The van der Waals surface area contributed by atoms with Gasteiger partial charge in [-0.3, -0.25) is 0 Å². The third-order valence-electron chi connectivity index (χ3n) is 1.76. The molecule has 1 fully saturated rings. The monoisotopic (exact) mass is 207 g/mol. The molecule has 6 nitrogen and oxygen atoms in total. The van der Waals surface area contributed by atoms with Crippen LogP contribution in [0.1, 0.15) is 0 Å². The average Bonchev–Trinajstić information content (AvgIpc) is 2.16. The minimum Gasteiger partial charge on any atom is -0.314 e. The first-order valence-electron chi connectivity index (χ1n) is 4.06. The number of hydrogen-bond donors (Lipinski definition) is 2. The fourth-order valence-electron chi connectivity index (χ4n) is 1.12. The van der Waals surface area contributed by atoms with Gasteiger partial charge in [0.25, 0.3) is 10.2 Å². The lowest BCUT2D eigenvalue weighted by molar-refractivity contribution is -0.106. The topological polar surface area (TPSA) is 78.5 Å². The number of hydrogen-bond acceptors (Lipinski definition) is 4. The standard InChI is InChI=1S/C6H13N3O3S/c10-6-3-8-13(11,12)9-4-1-7-2-5-9/h6-8H,1-5H2. The summed E-state index contributed by atoms with van der Waals surface area (Å²) >= 11 is 0. The summed E-state index contributed by atoms with van der Waals surface area (Å²) in [6.45, 7) is 2.05.